The lowest BCUT2D eigenvalue weighted by molar-refractivity contribution is -0.122. The molecule has 0 spiro atoms. The van der Waals surface area contributed by atoms with Crippen molar-refractivity contribution < 1.29 is 9.18 Å². The summed E-state index contributed by atoms with van der Waals surface area (Å²) in [5, 5.41) is 2.84. The number of benzene rings is 1. The summed E-state index contributed by atoms with van der Waals surface area (Å²) in [5.74, 6) is -0.264. The van der Waals surface area contributed by atoms with Gasteiger partial charge in [0.05, 0.1) is 6.54 Å². The van der Waals surface area contributed by atoms with E-state index in [1.54, 1.807) is 12.1 Å². The molecule has 1 fully saturated rings. The minimum Gasteiger partial charge on any atom is -0.351 e. The number of carbonyl (C=O) groups is 1. The van der Waals surface area contributed by atoms with E-state index in [9.17, 15) is 9.18 Å². The van der Waals surface area contributed by atoms with Gasteiger partial charge in [0, 0.05) is 25.7 Å². The molecule has 0 atom stereocenters. The summed E-state index contributed by atoms with van der Waals surface area (Å²) >= 11 is 0. The predicted molar refractivity (Wildman–Crippen MR) is 79.1 cm³/mol. The first-order chi connectivity index (χ1) is 9.13. The van der Waals surface area contributed by atoms with E-state index in [-0.39, 0.29) is 30.2 Å². The van der Waals surface area contributed by atoms with Gasteiger partial charge in [-0.2, -0.15) is 0 Å². The molecule has 0 aromatic heterocycles. The number of halogens is 2. The number of nitrogens with zero attached hydrogens (tertiary/aromatic N) is 1. The molecule has 112 valence electrons. The summed E-state index contributed by atoms with van der Waals surface area (Å²) in [6.45, 7) is 2.61. The van der Waals surface area contributed by atoms with Gasteiger partial charge in [-0.15, -0.1) is 12.4 Å². The van der Waals surface area contributed by atoms with Crippen LogP contribution in [0.25, 0.3) is 0 Å². The molecule has 1 saturated heterocycles. The first kappa shape index (κ1) is 16.9. The average molecular weight is 302 g/mol. The van der Waals surface area contributed by atoms with Crippen LogP contribution in [0.3, 0.4) is 0 Å². The van der Waals surface area contributed by atoms with E-state index >= 15 is 0 Å². The Balaban J connectivity index is 0.00000200. The number of hydrogen-bond donors (Lipinski definition) is 2. The predicted octanol–water partition coefficient (Wildman–Crippen LogP) is 1.29. The highest BCUT2D eigenvalue weighted by molar-refractivity contribution is 5.85. The minimum atomic E-state index is -0.264. The second kappa shape index (κ2) is 8.19. The van der Waals surface area contributed by atoms with Gasteiger partial charge >= 0.3 is 0 Å². The van der Waals surface area contributed by atoms with Crippen molar-refractivity contribution in [3.63, 3.8) is 0 Å². The molecule has 0 bridgehead atoms. The Hall–Kier alpha value is -1.17. The number of amides is 1. The Morgan fingerprint density at radius 3 is 2.50 bits per heavy atom. The highest BCUT2D eigenvalue weighted by Gasteiger charge is 2.17. The van der Waals surface area contributed by atoms with E-state index in [1.165, 1.54) is 12.1 Å². The normalized spacial score (nSPS) is 16.5. The fourth-order valence-electron chi connectivity index (χ4n) is 2.17. The van der Waals surface area contributed by atoms with E-state index in [1.807, 2.05) is 0 Å². The molecular formula is C14H21ClFN3O. The molecule has 1 heterocycles. The van der Waals surface area contributed by atoms with E-state index in [2.05, 4.69) is 10.2 Å². The van der Waals surface area contributed by atoms with Crippen LogP contribution in [0.1, 0.15) is 18.4 Å². The summed E-state index contributed by atoms with van der Waals surface area (Å²) in [6, 6.07) is 6.42. The molecule has 2 rings (SSSR count). The van der Waals surface area contributed by atoms with Gasteiger partial charge < -0.3 is 11.1 Å². The Kier molecular flexibility index (Phi) is 6.91. The molecule has 0 saturated carbocycles. The van der Waals surface area contributed by atoms with Crippen LogP contribution in [0.2, 0.25) is 0 Å². The van der Waals surface area contributed by atoms with Gasteiger partial charge in [-0.25, -0.2) is 4.39 Å². The molecule has 3 N–H and O–H groups in total. The highest BCUT2D eigenvalue weighted by Crippen LogP contribution is 2.07. The van der Waals surface area contributed by atoms with Gasteiger partial charge in [0.25, 0.3) is 0 Å². The third-order valence-electron chi connectivity index (χ3n) is 3.40. The second-order valence-corrected chi connectivity index (χ2v) is 5.02. The van der Waals surface area contributed by atoms with E-state index in [0.29, 0.717) is 13.1 Å². The van der Waals surface area contributed by atoms with Crippen molar-refractivity contribution in [1.29, 1.82) is 0 Å². The Morgan fingerprint density at radius 2 is 1.90 bits per heavy atom. The Bertz CT molecular complexity index is 419. The van der Waals surface area contributed by atoms with Gasteiger partial charge in [-0.3, -0.25) is 9.69 Å². The number of nitrogens with one attached hydrogen (secondary N) is 1. The van der Waals surface area contributed by atoms with Crippen molar-refractivity contribution in [1.82, 2.24) is 10.2 Å². The topological polar surface area (TPSA) is 58.4 Å². The molecule has 0 unspecified atom stereocenters. The lowest BCUT2D eigenvalue weighted by atomic mass is 10.1. The first-order valence-electron chi connectivity index (χ1n) is 6.62. The van der Waals surface area contributed by atoms with Crippen molar-refractivity contribution in [2.45, 2.75) is 25.4 Å². The maximum atomic E-state index is 12.7. The molecule has 1 aromatic rings. The van der Waals surface area contributed by atoms with Crippen LogP contribution < -0.4 is 11.1 Å². The molecule has 1 aliphatic rings. The van der Waals surface area contributed by atoms with Gasteiger partial charge in [0.2, 0.25) is 5.91 Å². The largest absolute Gasteiger partial charge is 0.351 e. The van der Waals surface area contributed by atoms with Gasteiger partial charge in [0.15, 0.2) is 0 Å². The number of rotatable bonds is 4. The second-order valence-electron chi connectivity index (χ2n) is 5.02. The molecule has 1 amide bonds. The Morgan fingerprint density at radius 1 is 1.30 bits per heavy atom. The van der Waals surface area contributed by atoms with Crippen molar-refractivity contribution in [2.24, 2.45) is 5.73 Å². The molecule has 20 heavy (non-hydrogen) atoms. The number of likely N-dealkylation sites (tertiary alicyclic amines) is 1. The summed E-state index contributed by atoms with van der Waals surface area (Å²) in [5.41, 5.74) is 6.72. The maximum Gasteiger partial charge on any atom is 0.234 e. The summed E-state index contributed by atoms with van der Waals surface area (Å²) in [4.78, 5) is 13.9. The molecule has 1 aromatic carbocycles. The van der Waals surface area contributed by atoms with E-state index < -0.39 is 0 Å². The maximum absolute atomic E-state index is 12.7. The third-order valence-corrected chi connectivity index (χ3v) is 3.40. The molecule has 1 aliphatic heterocycles. The smallest absolute Gasteiger partial charge is 0.234 e. The van der Waals surface area contributed by atoms with E-state index in [0.717, 1.165) is 31.5 Å². The lowest BCUT2D eigenvalue weighted by Gasteiger charge is -2.29. The number of hydrogen-bond acceptors (Lipinski definition) is 3. The van der Waals surface area contributed by atoms with Crippen molar-refractivity contribution in [2.75, 3.05) is 19.6 Å². The standard InChI is InChI=1S/C14H20FN3O.ClH/c15-12-3-1-11(2-4-12)9-17-14(19)10-18-7-5-13(16)6-8-18;/h1-4,13H,5-10,16H2,(H,17,19);1H. The highest BCUT2D eigenvalue weighted by atomic mass is 35.5. The average Bonchev–Trinajstić information content (AvgIpc) is 2.41. The minimum absolute atomic E-state index is 0. The summed E-state index contributed by atoms with van der Waals surface area (Å²) in [6.07, 6.45) is 1.90. The van der Waals surface area contributed by atoms with Crippen LogP contribution in [-0.4, -0.2) is 36.5 Å². The van der Waals surface area contributed by atoms with Crippen LogP contribution in [0.5, 0.6) is 0 Å². The first-order valence-corrected chi connectivity index (χ1v) is 6.62. The van der Waals surface area contributed by atoms with Crippen LogP contribution in [0, 0.1) is 5.82 Å². The zero-order chi connectivity index (χ0) is 13.7. The fraction of sp³-hybridized carbons (Fsp3) is 0.500. The fourth-order valence-corrected chi connectivity index (χ4v) is 2.17. The number of nitrogens with two attached hydrogens (primary N) is 1. The van der Waals surface area contributed by atoms with Crippen LogP contribution in [0.15, 0.2) is 24.3 Å². The monoisotopic (exact) mass is 301 g/mol. The Labute approximate surface area is 124 Å². The number of piperidine rings is 1. The molecule has 0 radical (unpaired) electrons. The molecule has 6 heteroatoms. The lowest BCUT2D eigenvalue weighted by Crippen LogP contribution is -2.44. The third kappa shape index (κ3) is 5.45. The van der Waals surface area contributed by atoms with Crippen molar-refractivity contribution in [3.8, 4) is 0 Å². The van der Waals surface area contributed by atoms with Gasteiger partial charge in [-0.1, -0.05) is 12.1 Å². The van der Waals surface area contributed by atoms with Crippen LogP contribution in [-0.2, 0) is 11.3 Å². The van der Waals surface area contributed by atoms with E-state index in [4.69, 9.17) is 5.73 Å². The van der Waals surface area contributed by atoms with Crippen LogP contribution >= 0.6 is 12.4 Å². The molecule has 0 aliphatic carbocycles. The molecular weight excluding hydrogens is 281 g/mol. The van der Waals surface area contributed by atoms with Crippen LogP contribution in [0.4, 0.5) is 4.39 Å². The SMILES string of the molecule is Cl.NC1CCN(CC(=O)NCc2ccc(F)cc2)CC1. The zero-order valence-electron chi connectivity index (χ0n) is 11.3. The number of carbonyl (C=O) groups excluding carboxylic acids is 1. The molecule has 4 nitrogen and oxygen atoms in total. The van der Waals surface area contributed by atoms with Gasteiger partial charge in [-0.05, 0) is 30.5 Å². The quantitative estimate of drug-likeness (QED) is 0.881. The van der Waals surface area contributed by atoms with Gasteiger partial charge in [0.1, 0.15) is 5.82 Å². The summed E-state index contributed by atoms with van der Waals surface area (Å²) < 4.78 is 12.7. The van der Waals surface area contributed by atoms with Crippen molar-refractivity contribution in [3.05, 3.63) is 35.6 Å². The van der Waals surface area contributed by atoms with Crippen molar-refractivity contribution >= 4 is 18.3 Å². The zero-order valence-corrected chi connectivity index (χ0v) is 12.2. The summed E-state index contributed by atoms with van der Waals surface area (Å²) in [7, 11) is 0.